The minimum Gasteiger partial charge on any atom is -0.478 e. The highest BCUT2D eigenvalue weighted by Crippen LogP contribution is 2.32. The van der Waals surface area contributed by atoms with Gasteiger partial charge in [0, 0.05) is 13.1 Å². The molecule has 0 spiro atoms. The average Bonchev–Trinajstić information content (AvgIpc) is 2.53. The lowest BCUT2D eigenvalue weighted by Crippen LogP contribution is -2.29. The predicted molar refractivity (Wildman–Crippen MR) is 78.3 cm³/mol. The SMILES string of the molecule is Cc1nnc(N2CCCC(C)(C)CC2)c(C(=O)O)c1C. The number of carboxylic acids is 1. The predicted octanol–water partition coefficient (Wildman–Crippen LogP) is 2.81. The number of hydrogen-bond acceptors (Lipinski definition) is 4. The van der Waals surface area contributed by atoms with Gasteiger partial charge in [-0.05, 0) is 44.1 Å². The van der Waals surface area contributed by atoms with Crippen LogP contribution in [-0.2, 0) is 0 Å². The summed E-state index contributed by atoms with van der Waals surface area (Å²) in [6.45, 7) is 9.82. The number of aryl methyl sites for hydroxylation is 1. The summed E-state index contributed by atoms with van der Waals surface area (Å²) >= 11 is 0. The minimum atomic E-state index is -0.918. The van der Waals surface area contributed by atoms with E-state index in [4.69, 9.17) is 0 Å². The van der Waals surface area contributed by atoms with Crippen LogP contribution < -0.4 is 4.90 Å². The summed E-state index contributed by atoms with van der Waals surface area (Å²) in [6.07, 6.45) is 3.26. The molecule has 1 saturated heterocycles. The molecule has 0 saturated carbocycles. The van der Waals surface area contributed by atoms with Gasteiger partial charge in [-0.1, -0.05) is 13.8 Å². The molecule has 0 radical (unpaired) electrons. The van der Waals surface area contributed by atoms with Crippen molar-refractivity contribution in [3.05, 3.63) is 16.8 Å². The number of nitrogens with zero attached hydrogens (tertiary/aromatic N) is 3. The third kappa shape index (κ3) is 2.92. The molecule has 0 amide bonds. The van der Waals surface area contributed by atoms with Crippen LogP contribution in [0, 0.1) is 19.3 Å². The molecule has 0 atom stereocenters. The number of carbonyl (C=O) groups is 1. The molecule has 1 aliphatic rings. The quantitative estimate of drug-likeness (QED) is 0.900. The molecule has 1 aromatic rings. The van der Waals surface area contributed by atoms with Crippen LogP contribution in [0.1, 0.15) is 54.7 Å². The Kier molecular flexibility index (Phi) is 3.97. The van der Waals surface area contributed by atoms with E-state index in [1.54, 1.807) is 13.8 Å². The number of aromatic carboxylic acids is 1. The van der Waals surface area contributed by atoms with Gasteiger partial charge in [-0.2, -0.15) is 5.10 Å². The van der Waals surface area contributed by atoms with E-state index < -0.39 is 5.97 Å². The molecular weight excluding hydrogens is 254 g/mol. The van der Waals surface area contributed by atoms with Gasteiger partial charge in [0.1, 0.15) is 5.56 Å². The number of aromatic nitrogens is 2. The van der Waals surface area contributed by atoms with Gasteiger partial charge in [0.2, 0.25) is 0 Å². The normalized spacial score (nSPS) is 18.7. The summed E-state index contributed by atoms with van der Waals surface area (Å²) < 4.78 is 0. The molecule has 0 bridgehead atoms. The molecule has 0 aromatic carbocycles. The molecule has 0 unspecified atom stereocenters. The largest absolute Gasteiger partial charge is 0.478 e. The lowest BCUT2D eigenvalue weighted by Gasteiger charge is -2.25. The zero-order valence-corrected chi connectivity index (χ0v) is 12.7. The van der Waals surface area contributed by atoms with Crippen molar-refractivity contribution >= 4 is 11.8 Å². The maximum absolute atomic E-state index is 11.6. The first-order valence-corrected chi connectivity index (χ1v) is 7.14. The summed E-state index contributed by atoms with van der Waals surface area (Å²) in [5.41, 5.74) is 2.01. The molecule has 2 heterocycles. The highest BCUT2D eigenvalue weighted by atomic mass is 16.4. The second kappa shape index (κ2) is 5.38. The highest BCUT2D eigenvalue weighted by molar-refractivity contribution is 5.95. The van der Waals surface area contributed by atoms with E-state index in [-0.39, 0.29) is 0 Å². The lowest BCUT2D eigenvalue weighted by molar-refractivity contribution is 0.0696. The second-order valence-electron chi connectivity index (χ2n) is 6.42. The standard InChI is InChI=1S/C15H23N3O2/c1-10-11(2)16-17-13(12(10)14(19)20)18-8-5-6-15(3,4)7-9-18/h5-9H2,1-4H3,(H,19,20). The summed E-state index contributed by atoms with van der Waals surface area (Å²) in [5.74, 6) is -0.391. The first kappa shape index (κ1) is 14.8. The van der Waals surface area contributed by atoms with Crippen LogP contribution in [-0.4, -0.2) is 34.4 Å². The third-order valence-electron chi connectivity index (χ3n) is 4.29. The molecule has 1 aromatic heterocycles. The maximum Gasteiger partial charge on any atom is 0.339 e. The Morgan fingerprint density at radius 3 is 2.55 bits per heavy atom. The van der Waals surface area contributed by atoms with Crippen molar-refractivity contribution < 1.29 is 9.90 Å². The first-order valence-electron chi connectivity index (χ1n) is 7.14. The number of hydrogen-bond donors (Lipinski definition) is 1. The molecule has 0 aliphatic carbocycles. The number of rotatable bonds is 2. The first-order chi connectivity index (χ1) is 9.32. The van der Waals surface area contributed by atoms with Crippen molar-refractivity contribution in [2.45, 2.75) is 47.0 Å². The Bertz CT molecular complexity index is 526. The second-order valence-corrected chi connectivity index (χ2v) is 6.42. The molecular formula is C15H23N3O2. The van der Waals surface area contributed by atoms with E-state index >= 15 is 0 Å². The summed E-state index contributed by atoms with van der Waals surface area (Å²) in [4.78, 5) is 13.6. The Morgan fingerprint density at radius 1 is 1.20 bits per heavy atom. The van der Waals surface area contributed by atoms with E-state index in [0.29, 0.717) is 28.1 Å². The molecule has 1 N–H and O–H groups in total. The Hall–Kier alpha value is -1.65. The van der Waals surface area contributed by atoms with Crippen LogP contribution >= 0.6 is 0 Å². The van der Waals surface area contributed by atoms with Gasteiger partial charge in [-0.25, -0.2) is 4.79 Å². The zero-order valence-electron chi connectivity index (χ0n) is 12.7. The third-order valence-corrected chi connectivity index (χ3v) is 4.29. The molecule has 1 fully saturated rings. The molecule has 1 aliphatic heterocycles. The van der Waals surface area contributed by atoms with Crippen LogP contribution in [0.25, 0.3) is 0 Å². The van der Waals surface area contributed by atoms with E-state index in [0.717, 1.165) is 32.4 Å². The summed E-state index contributed by atoms with van der Waals surface area (Å²) in [5, 5.41) is 17.8. The van der Waals surface area contributed by atoms with E-state index in [1.165, 1.54) is 0 Å². The van der Waals surface area contributed by atoms with Gasteiger partial charge >= 0.3 is 5.97 Å². The minimum absolute atomic E-state index is 0.303. The van der Waals surface area contributed by atoms with Crippen LogP contribution in [0.15, 0.2) is 0 Å². The summed E-state index contributed by atoms with van der Waals surface area (Å²) in [6, 6.07) is 0. The van der Waals surface area contributed by atoms with Gasteiger partial charge in [0.25, 0.3) is 0 Å². The zero-order chi connectivity index (χ0) is 14.9. The van der Waals surface area contributed by atoms with Crippen molar-refractivity contribution in [3.63, 3.8) is 0 Å². The van der Waals surface area contributed by atoms with Gasteiger partial charge < -0.3 is 10.0 Å². The molecule has 5 nitrogen and oxygen atoms in total. The topological polar surface area (TPSA) is 66.3 Å². The van der Waals surface area contributed by atoms with Gasteiger partial charge in [-0.15, -0.1) is 5.10 Å². The smallest absolute Gasteiger partial charge is 0.339 e. The van der Waals surface area contributed by atoms with Crippen LogP contribution in [0.3, 0.4) is 0 Å². The van der Waals surface area contributed by atoms with Crippen LogP contribution in [0.5, 0.6) is 0 Å². The van der Waals surface area contributed by atoms with Gasteiger partial charge in [0.15, 0.2) is 5.82 Å². The Morgan fingerprint density at radius 2 is 1.90 bits per heavy atom. The monoisotopic (exact) mass is 277 g/mol. The molecule has 110 valence electrons. The fraction of sp³-hybridized carbons (Fsp3) is 0.667. The number of carboxylic acid groups (broad SMARTS) is 1. The van der Waals surface area contributed by atoms with E-state index in [1.807, 2.05) is 0 Å². The van der Waals surface area contributed by atoms with Crippen molar-refractivity contribution in [1.29, 1.82) is 0 Å². The fourth-order valence-electron chi connectivity index (χ4n) is 2.71. The average molecular weight is 277 g/mol. The lowest BCUT2D eigenvalue weighted by atomic mass is 9.85. The van der Waals surface area contributed by atoms with Crippen LogP contribution in [0.2, 0.25) is 0 Å². The maximum atomic E-state index is 11.6. The van der Waals surface area contributed by atoms with E-state index in [9.17, 15) is 9.90 Å². The summed E-state index contributed by atoms with van der Waals surface area (Å²) in [7, 11) is 0. The van der Waals surface area contributed by atoms with Crippen molar-refractivity contribution in [2.75, 3.05) is 18.0 Å². The molecule has 5 heteroatoms. The van der Waals surface area contributed by atoms with Gasteiger partial charge in [0.05, 0.1) is 5.69 Å². The number of anilines is 1. The fourth-order valence-corrected chi connectivity index (χ4v) is 2.71. The Labute approximate surface area is 120 Å². The van der Waals surface area contributed by atoms with Crippen molar-refractivity contribution in [1.82, 2.24) is 10.2 Å². The highest BCUT2D eigenvalue weighted by Gasteiger charge is 2.27. The molecule has 2 rings (SSSR count). The van der Waals surface area contributed by atoms with Crippen LogP contribution in [0.4, 0.5) is 5.82 Å². The van der Waals surface area contributed by atoms with E-state index in [2.05, 4.69) is 28.9 Å². The van der Waals surface area contributed by atoms with Crippen molar-refractivity contribution in [3.8, 4) is 0 Å². The molecule has 20 heavy (non-hydrogen) atoms. The van der Waals surface area contributed by atoms with Crippen molar-refractivity contribution in [2.24, 2.45) is 5.41 Å². The van der Waals surface area contributed by atoms with Gasteiger partial charge in [-0.3, -0.25) is 0 Å². The Balaban J connectivity index is 2.38.